The van der Waals surface area contributed by atoms with E-state index in [0.717, 1.165) is 0 Å². The summed E-state index contributed by atoms with van der Waals surface area (Å²) < 4.78 is 17.3. The smallest absolute Gasteiger partial charge is 0.355 e. The van der Waals surface area contributed by atoms with Crippen molar-refractivity contribution in [2.75, 3.05) is 14.2 Å². The van der Waals surface area contributed by atoms with Crippen molar-refractivity contribution in [2.24, 2.45) is 0 Å². The second-order valence-corrected chi connectivity index (χ2v) is 4.68. The highest BCUT2D eigenvalue weighted by Gasteiger charge is 2.15. The number of hydrogen-bond donors (Lipinski definition) is 0. The zero-order valence-electron chi connectivity index (χ0n) is 12.7. The molecule has 0 saturated carbocycles. The summed E-state index contributed by atoms with van der Waals surface area (Å²) in [6.45, 7) is 0.155. The lowest BCUT2D eigenvalue weighted by molar-refractivity contribution is 0.0591. The molecule has 0 radical (unpaired) electrons. The zero-order chi connectivity index (χ0) is 16.2. The summed E-state index contributed by atoms with van der Waals surface area (Å²) >= 11 is 0. The van der Waals surface area contributed by atoms with Gasteiger partial charge in [0.2, 0.25) is 0 Å². The Hall–Kier alpha value is -3.09. The van der Waals surface area contributed by atoms with Crippen molar-refractivity contribution in [2.45, 2.75) is 6.61 Å². The summed E-state index contributed by atoms with van der Waals surface area (Å²) in [6, 6.07) is 12.4. The number of carbonyl (C=O) groups is 1. The Bertz CT molecular complexity index is 844. The third-order valence-corrected chi connectivity index (χ3v) is 3.30. The monoisotopic (exact) mass is 313 g/mol. The van der Waals surface area contributed by atoms with Gasteiger partial charge in [-0.15, -0.1) is 10.2 Å². The number of fused-ring (bicyclic) bond motifs is 1. The van der Waals surface area contributed by atoms with Gasteiger partial charge >= 0.3 is 5.97 Å². The second kappa shape index (κ2) is 6.35. The normalized spacial score (nSPS) is 10.5. The van der Waals surface area contributed by atoms with Crippen LogP contribution in [0.5, 0.6) is 11.5 Å². The number of ether oxygens (including phenoxy) is 3. The van der Waals surface area contributed by atoms with Crippen LogP contribution in [0.25, 0.3) is 5.65 Å². The Morgan fingerprint density at radius 3 is 2.65 bits per heavy atom. The van der Waals surface area contributed by atoms with E-state index in [1.54, 1.807) is 35.8 Å². The van der Waals surface area contributed by atoms with Crippen molar-refractivity contribution in [3.8, 4) is 11.5 Å². The number of methoxy groups -OCH3 is 2. The van der Waals surface area contributed by atoms with E-state index in [2.05, 4.69) is 10.2 Å². The number of rotatable bonds is 5. The molecule has 3 rings (SSSR count). The van der Waals surface area contributed by atoms with E-state index in [9.17, 15) is 4.79 Å². The predicted molar refractivity (Wildman–Crippen MR) is 81.7 cm³/mol. The van der Waals surface area contributed by atoms with Gasteiger partial charge in [-0.2, -0.15) is 0 Å². The van der Waals surface area contributed by atoms with Crippen LogP contribution in [0.2, 0.25) is 0 Å². The first kappa shape index (κ1) is 14.8. The van der Waals surface area contributed by atoms with Gasteiger partial charge in [-0.1, -0.05) is 12.1 Å². The average molecular weight is 313 g/mol. The maximum atomic E-state index is 11.9. The SMILES string of the molecule is COC(=O)c1cccc2nnc(COc3cccc(OC)c3)n12. The van der Waals surface area contributed by atoms with Gasteiger partial charge < -0.3 is 14.2 Å². The van der Waals surface area contributed by atoms with Gasteiger partial charge in [0.1, 0.15) is 23.8 Å². The molecule has 0 aliphatic rings. The van der Waals surface area contributed by atoms with E-state index >= 15 is 0 Å². The molecule has 3 aromatic rings. The maximum absolute atomic E-state index is 11.9. The molecule has 0 aliphatic heterocycles. The van der Waals surface area contributed by atoms with Crippen LogP contribution >= 0.6 is 0 Å². The van der Waals surface area contributed by atoms with Gasteiger partial charge in [0.25, 0.3) is 0 Å². The number of aromatic nitrogens is 3. The van der Waals surface area contributed by atoms with Crippen molar-refractivity contribution >= 4 is 11.6 Å². The lowest BCUT2D eigenvalue weighted by Crippen LogP contribution is -2.11. The number of carbonyl (C=O) groups excluding carboxylic acids is 1. The van der Waals surface area contributed by atoms with E-state index in [1.807, 2.05) is 18.2 Å². The molecule has 0 atom stereocenters. The van der Waals surface area contributed by atoms with E-state index in [-0.39, 0.29) is 6.61 Å². The fourth-order valence-corrected chi connectivity index (χ4v) is 2.20. The molecule has 7 heteroatoms. The van der Waals surface area contributed by atoms with Gasteiger partial charge in [-0.05, 0) is 24.3 Å². The Morgan fingerprint density at radius 2 is 1.87 bits per heavy atom. The largest absolute Gasteiger partial charge is 0.497 e. The predicted octanol–water partition coefficient (Wildman–Crippen LogP) is 2.10. The van der Waals surface area contributed by atoms with Crippen molar-refractivity contribution in [1.82, 2.24) is 14.6 Å². The van der Waals surface area contributed by atoms with Crippen molar-refractivity contribution in [1.29, 1.82) is 0 Å². The highest BCUT2D eigenvalue weighted by Crippen LogP contribution is 2.20. The molecule has 0 saturated heterocycles. The summed E-state index contributed by atoms with van der Waals surface area (Å²) in [5, 5.41) is 8.12. The van der Waals surface area contributed by atoms with E-state index in [1.165, 1.54) is 7.11 Å². The van der Waals surface area contributed by atoms with Crippen LogP contribution in [0.4, 0.5) is 0 Å². The fourth-order valence-electron chi connectivity index (χ4n) is 2.20. The van der Waals surface area contributed by atoms with Gasteiger partial charge in [0, 0.05) is 6.07 Å². The average Bonchev–Trinajstić information content (AvgIpc) is 3.02. The molecular weight excluding hydrogens is 298 g/mol. The summed E-state index contributed by atoms with van der Waals surface area (Å²) in [5.41, 5.74) is 0.899. The molecule has 0 unspecified atom stereocenters. The standard InChI is InChI=1S/C16H15N3O4/c1-21-11-5-3-6-12(9-11)23-10-15-18-17-14-8-4-7-13(19(14)15)16(20)22-2/h3-9H,10H2,1-2H3. The van der Waals surface area contributed by atoms with Crippen LogP contribution in [0.3, 0.4) is 0 Å². The molecule has 1 aromatic carbocycles. The minimum absolute atomic E-state index is 0.155. The van der Waals surface area contributed by atoms with Crippen LogP contribution in [0.15, 0.2) is 42.5 Å². The van der Waals surface area contributed by atoms with Crippen molar-refractivity contribution in [3.63, 3.8) is 0 Å². The molecule has 23 heavy (non-hydrogen) atoms. The molecule has 0 fully saturated rings. The summed E-state index contributed by atoms with van der Waals surface area (Å²) in [6.07, 6.45) is 0. The summed E-state index contributed by atoms with van der Waals surface area (Å²) in [7, 11) is 2.92. The third-order valence-electron chi connectivity index (χ3n) is 3.30. The first-order valence-corrected chi connectivity index (χ1v) is 6.91. The highest BCUT2D eigenvalue weighted by atomic mass is 16.5. The van der Waals surface area contributed by atoms with Crippen LogP contribution in [-0.4, -0.2) is 34.8 Å². The van der Waals surface area contributed by atoms with E-state index in [4.69, 9.17) is 14.2 Å². The van der Waals surface area contributed by atoms with Crippen molar-refractivity contribution in [3.05, 3.63) is 54.0 Å². The number of pyridine rings is 1. The zero-order valence-corrected chi connectivity index (χ0v) is 12.7. The molecule has 2 heterocycles. The third kappa shape index (κ3) is 2.94. The molecular formula is C16H15N3O4. The molecule has 2 aromatic heterocycles. The van der Waals surface area contributed by atoms with Crippen LogP contribution < -0.4 is 9.47 Å². The number of hydrogen-bond acceptors (Lipinski definition) is 6. The first-order chi connectivity index (χ1) is 11.2. The van der Waals surface area contributed by atoms with Crippen LogP contribution in [0.1, 0.15) is 16.3 Å². The van der Waals surface area contributed by atoms with Crippen LogP contribution in [0, 0.1) is 0 Å². The van der Waals surface area contributed by atoms with Crippen molar-refractivity contribution < 1.29 is 19.0 Å². The highest BCUT2D eigenvalue weighted by molar-refractivity contribution is 5.88. The number of esters is 1. The molecule has 118 valence electrons. The molecule has 7 nitrogen and oxygen atoms in total. The first-order valence-electron chi connectivity index (χ1n) is 6.91. The lowest BCUT2D eigenvalue weighted by Gasteiger charge is -2.08. The minimum atomic E-state index is -0.460. The molecule has 0 N–H and O–H groups in total. The Labute approximate surface area is 132 Å². The Kier molecular flexibility index (Phi) is 4.09. The second-order valence-electron chi connectivity index (χ2n) is 4.68. The van der Waals surface area contributed by atoms with Crippen LogP contribution in [-0.2, 0) is 11.3 Å². The fraction of sp³-hybridized carbons (Fsp3) is 0.188. The topological polar surface area (TPSA) is 75.0 Å². The maximum Gasteiger partial charge on any atom is 0.355 e. The quantitative estimate of drug-likeness (QED) is 0.672. The number of nitrogens with zero attached hydrogens (tertiary/aromatic N) is 3. The number of benzene rings is 1. The molecule has 0 bridgehead atoms. The van der Waals surface area contributed by atoms with E-state index < -0.39 is 5.97 Å². The molecule has 0 amide bonds. The van der Waals surface area contributed by atoms with Gasteiger partial charge in [-0.3, -0.25) is 4.40 Å². The van der Waals surface area contributed by atoms with Gasteiger partial charge in [0.05, 0.1) is 14.2 Å². The minimum Gasteiger partial charge on any atom is -0.497 e. The Balaban J connectivity index is 1.89. The molecule has 0 aliphatic carbocycles. The lowest BCUT2D eigenvalue weighted by atomic mass is 10.3. The van der Waals surface area contributed by atoms with Gasteiger partial charge in [0.15, 0.2) is 11.5 Å². The summed E-state index contributed by atoms with van der Waals surface area (Å²) in [5.74, 6) is 1.38. The Morgan fingerprint density at radius 1 is 1.09 bits per heavy atom. The molecule has 0 spiro atoms. The van der Waals surface area contributed by atoms with Gasteiger partial charge in [-0.25, -0.2) is 4.79 Å². The summed E-state index contributed by atoms with van der Waals surface area (Å²) in [4.78, 5) is 11.9. The van der Waals surface area contributed by atoms with E-state index in [0.29, 0.717) is 28.7 Å².